The number of carbonyl (C=O) groups excluding carboxylic acids is 2. The van der Waals surface area contributed by atoms with Crippen LogP contribution in [0.15, 0.2) is 35.9 Å². The Balaban J connectivity index is 2.36. The maximum Gasteiger partial charge on any atom is 0.269 e. The molecule has 0 radical (unpaired) electrons. The number of hydrogen-bond acceptors (Lipinski definition) is 11. The Labute approximate surface area is 186 Å². The Bertz CT molecular complexity index is 998. The van der Waals surface area contributed by atoms with Gasteiger partial charge >= 0.3 is 0 Å². The summed E-state index contributed by atoms with van der Waals surface area (Å²) in [6.45, 7) is -1.14. The van der Waals surface area contributed by atoms with Crippen LogP contribution in [0.25, 0.3) is 0 Å². The second kappa shape index (κ2) is 10.1. The van der Waals surface area contributed by atoms with Crippen molar-refractivity contribution in [1.82, 2.24) is 5.32 Å². The zero-order valence-corrected chi connectivity index (χ0v) is 17.7. The average molecular weight is 496 g/mol. The van der Waals surface area contributed by atoms with Crippen LogP contribution in [0.3, 0.4) is 0 Å². The minimum atomic E-state index is -5.46. The van der Waals surface area contributed by atoms with Crippen molar-refractivity contribution in [2.45, 2.75) is 24.4 Å². The van der Waals surface area contributed by atoms with Gasteiger partial charge in [0.2, 0.25) is 10.4 Å². The standard InChI is InChI=1S/C16H17ClN2O10S2/c17-7-1-3-8(4-2-7)19-15(25)9(14(24)18-16(19)30)5-10(21)12(23)13(11(22)6-20)29-31(26,27)28/h1-5,10-13,20-23H,6H2,(H,18,24,30)(H,26,27,28)/p-1/b9-5-/t10?,11-,12-,13?/m1/s1. The van der Waals surface area contributed by atoms with Crippen molar-refractivity contribution in [3.63, 3.8) is 0 Å². The second-order valence-electron chi connectivity index (χ2n) is 6.16. The lowest BCUT2D eigenvalue weighted by Gasteiger charge is -2.31. The molecule has 4 atom stereocenters. The molecule has 1 aromatic rings. The van der Waals surface area contributed by atoms with Gasteiger partial charge in [-0.25, -0.2) is 8.42 Å². The van der Waals surface area contributed by atoms with E-state index in [0.29, 0.717) is 11.1 Å². The molecule has 1 saturated heterocycles. The highest BCUT2D eigenvalue weighted by atomic mass is 35.5. The van der Waals surface area contributed by atoms with Crippen molar-refractivity contribution in [2.24, 2.45) is 0 Å². The molecule has 12 nitrogen and oxygen atoms in total. The Kier molecular flexibility index (Phi) is 8.21. The van der Waals surface area contributed by atoms with Crippen LogP contribution in [0.4, 0.5) is 5.69 Å². The number of nitrogens with zero attached hydrogens (tertiary/aromatic N) is 1. The van der Waals surface area contributed by atoms with Gasteiger partial charge in [-0.1, -0.05) is 11.6 Å². The quantitative estimate of drug-likeness (QED) is 0.0873. The van der Waals surface area contributed by atoms with Gasteiger partial charge in [-0.05, 0) is 42.6 Å². The summed E-state index contributed by atoms with van der Waals surface area (Å²) in [7, 11) is -5.46. The highest BCUT2D eigenvalue weighted by Gasteiger charge is 2.38. The van der Waals surface area contributed by atoms with Crippen molar-refractivity contribution in [3.8, 4) is 0 Å². The molecule has 1 aromatic carbocycles. The van der Waals surface area contributed by atoms with E-state index in [1.165, 1.54) is 24.3 Å². The van der Waals surface area contributed by atoms with E-state index in [1.807, 2.05) is 0 Å². The minimum absolute atomic E-state index is 0.217. The molecule has 2 rings (SSSR count). The highest BCUT2D eigenvalue weighted by Crippen LogP contribution is 2.23. The summed E-state index contributed by atoms with van der Waals surface area (Å²) in [5, 5.41) is 41.2. The summed E-state index contributed by atoms with van der Waals surface area (Å²) < 4.78 is 36.4. The lowest BCUT2D eigenvalue weighted by atomic mass is 10.00. The van der Waals surface area contributed by atoms with Crippen LogP contribution in [-0.2, 0) is 24.2 Å². The summed E-state index contributed by atoms with van der Waals surface area (Å²) in [4.78, 5) is 25.9. The molecule has 2 amide bonds. The lowest BCUT2D eigenvalue weighted by Crippen LogP contribution is -2.55. The number of rotatable bonds is 8. The van der Waals surface area contributed by atoms with Gasteiger partial charge < -0.3 is 25.0 Å². The molecule has 170 valence electrons. The van der Waals surface area contributed by atoms with Crippen LogP contribution < -0.4 is 10.2 Å². The van der Waals surface area contributed by atoms with Crippen molar-refractivity contribution in [2.75, 3.05) is 11.5 Å². The lowest BCUT2D eigenvalue weighted by molar-refractivity contribution is -0.122. The molecule has 15 heteroatoms. The third kappa shape index (κ3) is 6.25. The van der Waals surface area contributed by atoms with Crippen LogP contribution in [-0.4, -0.2) is 81.3 Å². The summed E-state index contributed by atoms with van der Waals surface area (Å²) in [6.07, 6.45) is -8.35. The third-order valence-electron chi connectivity index (χ3n) is 4.01. The van der Waals surface area contributed by atoms with E-state index >= 15 is 0 Å². The summed E-state index contributed by atoms with van der Waals surface area (Å²) >= 11 is 10.8. The summed E-state index contributed by atoms with van der Waals surface area (Å²) in [5.74, 6) is -2.04. The number of carbonyl (C=O) groups is 2. The van der Waals surface area contributed by atoms with Crippen molar-refractivity contribution < 1.29 is 47.2 Å². The zero-order chi connectivity index (χ0) is 23.5. The van der Waals surface area contributed by atoms with Gasteiger partial charge in [-0.3, -0.25) is 24.0 Å². The first-order chi connectivity index (χ1) is 14.4. The third-order valence-corrected chi connectivity index (χ3v) is 5.00. The SMILES string of the molecule is O=C1NC(=S)N(c2ccc(Cl)cc2)C(=O)/C1=C\C(O)[C@@H](O)C(OS(=O)(=O)[O-])[C@H](O)CO. The van der Waals surface area contributed by atoms with Gasteiger partial charge in [0, 0.05) is 5.02 Å². The van der Waals surface area contributed by atoms with Crippen molar-refractivity contribution in [3.05, 3.63) is 40.9 Å². The minimum Gasteiger partial charge on any atom is -0.726 e. The molecule has 1 aliphatic heterocycles. The molecule has 0 spiro atoms. The molecule has 1 heterocycles. The fraction of sp³-hybridized carbons (Fsp3) is 0.312. The highest BCUT2D eigenvalue weighted by molar-refractivity contribution is 7.81. The van der Waals surface area contributed by atoms with Gasteiger partial charge in [0.15, 0.2) is 5.11 Å². The maximum absolute atomic E-state index is 12.8. The predicted octanol–water partition coefficient (Wildman–Crippen LogP) is -2.07. The number of amides is 2. The van der Waals surface area contributed by atoms with Gasteiger partial charge in [0.1, 0.15) is 30.0 Å². The Morgan fingerprint density at radius 2 is 1.81 bits per heavy atom. The molecule has 2 unspecified atom stereocenters. The summed E-state index contributed by atoms with van der Waals surface area (Å²) in [6, 6.07) is 5.75. The van der Waals surface area contributed by atoms with Crippen LogP contribution in [0, 0.1) is 0 Å². The van der Waals surface area contributed by atoms with E-state index in [2.05, 4.69) is 9.50 Å². The molecular weight excluding hydrogens is 480 g/mol. The van der Waals surface area contributed by atoms with E-state index < -0.39 is 58.8 Å². The normalized spacial score (nSPS) is 20.4. The molecule has 0 aromatic heterocycles. The maximum atomic E-state index is 12.8. The second-order valence-corrected chi connectivity index (χ2v) is 7.99. The number of nitrogens with one attached hydrogen (secondary N) is 1. The number of benzene rings is 1. The van der Waals surface area contributed by atoms with Crippen LogP contribution >= 0.6 is 23.8 Å². The zero-order valence-electron chi connectivity index (χ0n) is 15.3. The van der Waals surface area contributed by atoms with Gasteiger partial charge in [0.05, 0.1) is 12.3 Å². The molecule has 1 fully saturated rings. The van der Waals surface area contributed by atoms with E-state index in [1.54, 1.807) is 0 Å². The van der Waals surface area contributed by atoms with Gasteiger partial charge in [0.25, 0.3) is 11.8 Å². The first-order valence-electron chi connectivity index (χ1n) is 8.32. The number of aliphatic hydroxyl groups excluding tert-OH is 4. The van der Waals surface area contributed by atoms with E-state index in [4.69, 9.17) is 28.9 Å². The topological polar surface area (TPSA) is 197 Å². The smallest absolute Gasteiger partial charge is 0.269 e. The molecular formula is C16H16ClN2O10S2-. The molecule has 0 saturated carbocycles. The first-order valence-corrected chi connectivity index (χ1v) is 10.4. The monoisotopic (exact) mass is 495 g/mol. The Hall–Kier alpha value is -2.01. The van der Waals surface area contributed by atoms with Crippen LogP contribution in [0.1, 0.15) is 0 Å². The fourth-order valence-corrected chi connectivity index (χ4v) is 3.48. The molecule has 1 aliphatic rings. The van der Waals surface area contributed by atoms with Gasteiger partial charge in [-0.15, -0.1) is 0 Å². The number of anilines is 1. The van der Waals surface area contributed by atoms with Crippen LogP contribution in [0.5, 0.6) is 0 Å². The predicted molar refractivity (Wildman–Crippen MR) is 107 cm³/mol. The number of thiocarbonyl (C=S) groups is 1. The summed E-state index contributed by atoms with van der Waals surface area (Å²) in [5.41, 5.74) is -0.480. The molecule has 0 bridgehead atoms. The molecule has 31 heavy (non-hydrogen) atoms. The molecule has 0 aliphatic carbocycles. The number of halogens is 1. The number of aliphatic hydroxyl groups is 4. The van der Waals surface area contributed by atoms with Crippen molar-refractivity contribution >= 4 is 56.8 Å². The largest absolute Gasteiger partial charge is 0.726 e. The first kappa shape index (κ1) is 25.3. The van der Waals surface area contributed by atoms with Crippen molar-refractivity contribution in [1.29, 1.82) is 0 Å². The average Bonchev–Trinajstić information content (AvgIpc) is 2.68. The van der Waals surface area contributed by atoms with E-state index in [9.17, 15) is 37.9 Å². The van der Waals surface area contributed by atoms with E-state index in [0.717, 1.165) is 4.90 Å². The van der Waals surface area contributed by atoms with E-state index in [-0.39, 0.29) is 10.8 Å². The van der Waals surface area contributed by atoms with Gasteiger partial charge in [-0.2, -0.15) is 0 Å². The Morgan fingerprint density at radius 3 is 2.32 bits per heavy atom. The molecule has 5 N–H and O–H groups in total. The fourth-order valence-electron chi connectivity index (χ4n) is 2.55. The number of hydrogen-bond donors (Lipinski definition) is 5. The Morgan fingerprint density at radius 1 is 1.23 bits per heavy atom. The van der Waals surface area contributed by atoms with Crippen LogP contribution in [0.2, 0.25) is 5.02 Å².